The van der Waals surface area contributed by atoms with Gasteiger partial charge in [-0.3, -0.25) is 9.20 Å². The summed E-state index contributed by atoms with van der Waals surface area (Å²) in [4.78, 5) is 12.4. The minimum absolute atomic E-state index is 0.170. The number of nitrogens with one attached hydrogen (secondary N) is 1. The van der Waals surface area contributed by atoms with Crippen molar-refractivity contribution in [2.45, 2.75) is 31.2 Å². The predicted molar refractivity (Wildman–Crippen MR) is 100 cm³/mol. The van der Waals surface area contributed by atoms with Gasteiger partial charge in [-0.05, 0) is 38.5 Å². The number of rotatable bonds is 4. The maximum atomic E-state index is 12.4. The van der Waals surface area contributed by atoms with Crippen molar-refractivity contribution in [2.75, 3.05) is 5.32 Å². The number of carbonyl (C=O) groups excluding carboxylic acids is 1. The number of hydrogen-bond acceptors (Lipinski definition) is 6. The summed E-state index contributed by atoms with van der Waals surface area (Å²) in [5.41, 5.74) is 2.93. The quantitative estimate of drug-likeness (QED) is 0.555. The third-order valence-corrected chi connectivity index (χ3v) is 5.15. The fraction of sp³-hybridized carbons (Fsp3) is 0.222. The Morgan fingerprint density at radius 1 is 1.23 bits per heavy atom. The van der Waals surface area contributed by atoms with E-state index in [0.717, 1.165) is 22.1 Å². The lowest BCUT2D eigenvalue weighted by Gasteiger charge is -2.11. The number of benzene rings is 1. The summed E-state index contributed by atoms with van der Waals surface area (Å²) in [6.45, 7) is 5.65. The van der Waals surface area contributed by atoms with Crippen molar-refractivity contribution in [1.29, 1.82) is 0 Å². The van der Waals surface area contributed by atoms with Gasteiger partial charge in [-0.1, -0.05) is 35.1 Å². The Morgan fingerprint density at radius 3 is 2.81 bits per heavy atom. The molecule has 0 saturated heterocycles. The van der Waals surface area contributed by atoms with Crippen LogP contribution in [-0.2, 0) is 4.79 Å². The largest absolute Gasteiger partial charge is 0.360 e. The van der Waals surface area contributed by atoms with E-state index in [4.69, 9.17) is 4.52 Å². The molecule has 0 fully saturated rings. The molecule has 1 N–H and O–H groups in total. The molecule has 4 rings (SSSR count). The van der Waals surface area contributed by atoms with Crippen LogP contribution in [0.1, 0.15) is 18.2 Å². The molecule has 1 amide bonds. The van der Waals surface area contributed by atoms with Crippen molar-refractivity contribution in [3.05, 3.63) is 47.7 Å². The molecular weight excluding hydrogens is 350 g/mol. The molecule has 0 spiro atoms. The van der Waals surface area contributed by atoms with E-state index in [1.54, 1.807) is 13.0 Å². The number of anilines is 1. The molecule has 0 bridgehead atoms. The maximum absolute atomic E-state index is 12.4. The van der Waals surface area contributed by atoms with E-state index < -0.39 is 0 Å². The minimum atomic E-state index is -0.375. The molecule has 132 valence electrons. The molecular formula is C18H17N5O2S. The molecule has 4 aromatic rings. The van der Waals surface area contributed by atoms with Gasteiger partial charge in [0, 0.05) is 11.5 Å². The SMILES string of the molecule is Cc1cc(NC(=O)[C@H](C)Sc2nnc3cc(C)c4ccccc4n23)no1. The van der Waals surface area contributed by atoms with Crippen LogP contribution in [0.4, 0.5) is 5.82 Å². The van der Waals surface area contributed by atoms with Crippen LogP contribution in [0.25, 0.3) is 16.6 Å². The average molecular weight is 367 g/mol. The number of aromatic nitrogens is 4. The lowest BCUT2D eigenvalue weighted by molar-refractivity contribution is -0.115. The standard InChI is InChI=1S/C18H17N5O2S/c1-10-8-16-20-21-18(23(16)14-7-5-4-6-13(10)14)26-12(3)17(24)19-15-9-11(2)25-22-15/h4-9,12H,1-3H3,(H,19,22,24)/t12-/m0/s1. The first-order chi connectivity index (χ1) is 12.5. The molecule has 1 atom stereocenters. The van der Waals surface area contributed by atoms with Gasteiger partial charge in [-0.15, -0.1) is 10.2 Å². The van der Waals surface area contributed by atoms with Crippen molar-refractivity contribution in [3.8, 4) is 0 Å². The number of aryl methyl sites for hydroxylation is 2. The summed E-state index contributed by atoms with van der Waals surface area (Å²) < 4.78 is 6.95. The normalized spacial score (nSPS) is 12.6. The molecule has 0 saturated carbocycles. The van der Waals surface area contributed by atoms with Crippen LogP contribution < -0.4 is 5.32 Å². The Morgan fingerprint density at radius 2 is 2.04 bits per heavy atom. The highest BCUT2D eigenvalue weighted by Crippen LogP contribution is 2.28. The Balaban J connectivity index is 1.64. The van der Waals surface area contributed by atoms with Gasteiger partial charge < -0.3 is 9.84 Å². The first kappa shape index (κ1) is 16.6. The molecule has 7 nitrogen and oxygen atoms in total. The molecule has 0 aliphatic rings. The van der Waals surface area contributed by atoms with E-state index >= 15 is 0 Å². The first-order valence-corrected chi connectivity index (χ1v) is 9.05. The molecule has 3 heterocycles. The van der Waals surface area contributed by atoms with Crippen LogP contribution in [0.3, 0.4) is 0 Å². The number of para-hydroxylation sites is 1. The minimum Gasteiger partial charge on any atom is -0.360 e. The van der Waals surface area contributed by atoms with E-state index in [1.165, 1.54) is 11.8 Å². The second-order valence-electron chi connectivity index (χ2n) is 6.09. The number of thioether (sulfide) groups is 1. The fourth-order valence-electron chi connectivity index (χ4n) is 2.82. The van der Waals surface area contributed by atoms with E-state index in [9.17, 15) is 4.79 Å². The number of amides is 1. The lowest BCUT2D eigenvalue weighted by atomic mass is 10.1. The number of nitrogens with zero attached hydrogens (tertiary/aromatic N) is 4. The molecule has 0 unspecified atom stereocenters. The van der Waals surface area contributed by atoms with Gasteiger partial charge in [0.15, 0.2) is 16.6 Å². The van der Waals surface area contributed by atoms with Gasteiger partial charge >= 0.3 is 0 Å². The van der Waals surface area contributed by atoms with Crippen LogP contribution in [0.5, 0.6) is 0 Å². The highest BCUT2D eigenvalue weighted by molar-refractivity contribution is 8.00. The van der Waals surface area contributed by atoms with E-state index in [2.05, 4.69) is 33.7 Å². The molecule has 8 heteroatoms. The van der Waals surface area contributed by atoms with Crippen molar-refractivity contribution in [2.24, 2.45) is 0 Å². The third kappa shape index (κ3) is 2.92. The number of pyridine rings is 1. The van der Waals surface area contributed by atoms with Gasteiger partial charge in [-0.2, -0.15) is 0 Å². The third-order valence-electron chi connectivity index (χ3n) is 4.10. The van der Waals surface area contributed by atoms with E-state index in [0.29, 0.717) is 16.7 Å². The highest BCUT2D eigenvalue weighted by Gasteiger charge is 2.20. The van der Waals surface area contributed by atoms with Crippen molar-refractivity contribution in [3.63, 3.8) is 0 Å². The Kier molecular flexibility index (Phi) is 4.12. The molecule has 0 radical (unpaired) electrons. The fourth-order valence-corrected chi connectivity index (χ4v) is 3.68. The molecule has 1 aromatic carbocycles. The number of carbonyl (C=O) groups is 1. The number of hydrogen-bond donors (Lipinski definition) is 1. The van der Waals surface area contributed by atoms with Crippen LogP contribution in [0.2, 0.25) is 0 Å². The number of fused-ring (bicyclic) bond motifs is 3. The zero-order valence-electron chi connectivity index (χ0n) is 14.6. The van der Waals surface area contributed by atoms with Gasteiger partial charge in [0.25, 0.3) is 0 Å². The van der Waals surface area contributed by atoms with Crippen molar-refractivity contribution in [1.82, 2.24) is 19.8 Å². The second-order valence-corrected chi connectivity index (χ2v) is 7.40. The van der Waals surface area contributed by atoms with Crippen LogP contribution in [0.15, 0.2) is 46.1 Å². The second kappa shape index (κ2) is 6.45. The van der Waals surface area contributed by atoms with Crippen LogP contribution >= 0.6 is 11.8 Å². The summed E-state index contributed by atoms with van der Waals surface area (Å²) >= 11 is 1.35. The topological polar surface area (TPSA) is 85.3 Å². The van der Waals surface area contributed by atoms with Gasteiger partial charge in [-0.25, -0.2) is 0 Å². The maximum Gasteiger partial charge on any atom is 0.238 e. The first-order valence-electron chi connectivity index (χ1n) is 8.17. The summed E-state index contributed by atoms with van der Waals surface area (Å²) in [5.74, 6) is 0.884. The van der Waals surface area contributed by atoms with Crippen LogP contribution in [-0.4, -0.2) is 30.9 Å². The van der Waals surface area contributed by atoms with E-state index in [-0.39, 0.29) is 11.2 Å². The molecule has 26 heavy (non-hydrogen) atoms. The zero-order valence-corrected chi connectivity index (χ0v) is 15.4. The predicted octanol–water partition coefficient (Wildman–Crippen LogP) is 3.61. The molecule has 0 aliphatic heterocycles. The summed E-state index contributed by atoms with van der Waals surface area (Å²) in [7, 11) is 0. The van der Waals surface area contributed by atoms with Gasteiger partial charge in [0.05, 0.1) is 10.8 Å². The van der Waals surface area contributed by atoms with Crippen molar-refractivity contribution < 1.29 is 9.32 Å². The highest BCUT2D eigenvalue weighted by atomic mass is 32.2. The van der Waals surface area contributed by atoms with Gasteiger partial charge in [0.1, 0.15) is 5.76 Å². The zero-order chi connectivity index (χ0) is 18.3. The Hall–Kier alpha value is -2.87. The summed E-state index contributed by atoms with van der Waals surface area (Å²) in [6, 6.07) is 11.8. The average Bonchev–Trinajstić information content (AvgIpc) is 3.21. The van der Waals surface area contributed by atoms with Crippen molar-refractivity contribution >= 4 is 40.0 Å². The smallest absolute Gasteiger partial charge is 0.238 e. The monoisotopic (exact) mass is 367 g/mol. The summed E-state index contributed by atoms with van der Waals surface area (Å²) in [6.07, 6.45) is 0. The van der Waals surface area contributed by atoms with Crippen LogP contribution in [0, 0.1) is 13.8 Å². The Bertz CT molecular complexity index is 1120. The van der Waals surface area contributed by atoms with E-state index in [1.807, 2.05) is 35.6 Å². The Labute approximate surface area is 153 Å². The molecule has 0 aliphatic carbocycles. The summed E-state index contributed by atoms with van der Waals surface area (Å²) in [5, 5.41) is 16.5. The molecule has 3 aromatic heterocycles. The lowest BCUT2D eigenvalue weighted by Crippen LogP contribution is -2.22. The van der Waals surface area contributed by atoms with Gasteiger partial charge in [0.2, 0.25) is 5.91 Å².